The molecule has 0 unspecified atom stereocenters. The Hall–Kier alpha value is -1.44. The fraction of sp³-hybridized carbons (Fsp3) is 0.800. The van der Waals surface area contributed by atoms with Crippen LogP contribution in [0.4, 0.5) is 13.6 Å². The summed E-state index contributed by atoms with van der Waals surface area (Å²) in [6, 6.07) is -2.09. The Kier molecular flexibility index (Phi) is 5.96. The number of amides is 1. The lowest BCUT2D eigenvalue weighted by Crippen LogP contribution is -2.52. The molecule has 0 fully saturated rings. The second-order valence-corrected chi connectivity index (χ2v) is 4.47. The van der Waals surface area contributed by atoms with Gasteiger partial charge in [-0.3, -0.25) is 0 Å². The fourth-order valence-corrected chi connectivity index (χ4v) is 0.991. The fourth-order valence-electron chi connectivity index (χ4n) is 0.991. The van der Waals surface area contributed by atoms with Gasteiger partial charge in [0.1, 0.15) is 11.6 Å². The average Bonchev–Trinajstić information content (AvgIpc) is 2.20. The third-order valence-electron chi connectivity index (χ3n) is 1.74. The minimum absolute atomic E-state index is 0.882. The summed E-state index contributed by atoms with van der Waals surface area (Å²) in [6.45, 7) is 4.63. The number of aliphatic hydroxyl groups is 1. The number of esters is 1. The van der Waals surface area contributed by atoms with Gasteiger partial charge in [-0.1, -0.05) is 0 Å². The summed E-state index contributed by atoms with van der Waals surface area (Å²) < 4.78 is 34.0. The van der Waals surface area contributed by atoms with Crippen LogP contribution >= 0.6 is 0 Å². The molecular formula is C10H17F2NO5. The van der Waals surface area contributed by atoms with Crippen molar-refractivity contribution in [3.05, 3.63) is 0 Å². The van der Waals surface area contributed by atoms with Gasteiger partial charge in [-0.2, -0.15) is 0 Å². The van der Waals surface area contributed by atoms with E-state index in [1.807, 2.05) is 0 Å². The molecule has 18 heavy (non-hydrogen) atoms. The third-order valence-corrected chi connectivity index (χ3v) is 1.74. The Labute approximate surface area is 103 Å². The number of ether oxygens (including phenoxy) is 2. The van der Waals surface area contributed by atoms with Crippen molar-refractivity contribution in [1.82, 2.24) is 5.32 Å². The highest BCUT2D eigenvalue weighted by Gasteiger charge is 2.36. The summed E-state index contributed by atoms with van der Waals surface area (Å²) in [4.78, 5) is 22.2. The standard InChI is InChI=1S/C10H17F2NO5/c1-10(2,3)18-9(16)13-5(7(11)12)6(14)8(15)17-4/h5-7,14H,1-4H3,(H,13,16)/t5-,6-/m0/s1. The monoisotopic (exact) mass is 269 g/mol. The van der Waals surface area contributed by atoms with Crippen molar-refractivity contribution < 1.29 is 33.0 Å². The molecule has 106 valence electrons. The summed E-state index contributed by atoms with van der Waals surface area (Å²) in [5, 5.41) is 11.0. The van der Waals surface area contributed by atoms with Gasteiger partial charge in [0.05, 0.1) is 7.11 Å². The zero-order valence-electron chi connectivity index (χ0n) is 10.6. The Balaban J connectivity index is 4.64. The van der Waals surface area contributed by atoms with E-state index in [4.69, 9.17) is 4.74 Å². The van der Waals surface area contributed by atoms with Crippen LogP contribution < -0.4 is 5.32 Å². The number of hydrogen-bond donors (Lipinski definition) is 2. The van der Waals surface area contributed by atoms with E-state index >= 15 is 0 Å². The van der Waals surface area contributed by atoms with Crippen LogP contribution in [-0.4, -0.2) is 48.5 Å². The summed E-state index contributed by atoms with van der Waals surface area (Å²) in [5.74, 6) is -1.27. The van der Waals surface area contributed by atoms with Crippen LogP contribution in [0.3, 0.4) is 0 Å². The van der Waals surface area contributed by atoms with Crippen molar-refractivity contribution in [2.45, 2.75) is 44.9 Å². The molecule has 0 bridgehead atoms. The molecule has 2 N–H and O–H groups in total. The first-order valence-electron chi connectivity index (χ1n) is 5.12. The third kappa shape index (κ3) is 5.76. The zero-order chi connectivity index (χ0) is 14.5. The van der Waals surface area contributed by atoms with Crippen LogP contribution in [0.1, 0.15) is 20.8 Å². The van der Waals surface area contributed by atoms with Gasteiger partial charge < -0.3 is 19.9 Å². The number of rotatable bonds is 4. The highest BCUT2D eigenvalue weighted by atomic mass is 19.3. The number of methoxy groups -OCH3 is 1. The molecule has 0 aromatic carbocycles. The van der Waals surface area contributed by atoms with Gasteiger partial charge in [0, 0.05) is 0 Å². The number of carbonyl (C=O) groups excluding carboxylic acids is 2. The van der Waals surface area contributed by atoms with Crippen LogP contribution in [0.25, 0.3) is 0 Å². The molecule has 8 heteroatoms. The summed E-state index contributed by atoms with van der Waals surface area (Å²) in [6.07, 6.45) is -6.47. The average molecular weight is 269 g/mol. The van der Waals surface area contributed by atoms with E-state index in [1.165, 1.54) is 0 Å². The smallest absolute Gasteiger partial charge is 0.408 e. The Bertz CT molecular complexity index is 303. The van der Waals surface area contributed by atoms with E-state index in [0.717, 1.165) is 7.11 Å². The largest absolute Gasteiger partial charge is 0.467 e. The minimum Gasteiger partial charge on any atom is -0.467 e. The summed E-state index contributed by atoms with van der Waals surface area (Å²) >= 11 is 0. The van der Waals surface area contributed by atoms with E-state index in [1.54, 1.807) is 26.1 Å². The van der Waals surface area contributed by atoms with Gasteiger partial charge >= 0.3 is 12.1 Å². The molecule has 0 saturated carbocycles. The normalized spacial score (nSPS) is 14.9. The summed E-state index contributed by atoms with van der Waals surface area (Å²) in [7, 11) is 0.932. The van der Waals surface area contributed by atoms with Gasteiger partial charge in [0.25, 0.3) is 6.43 Å². The lowest BCUT2D eigenvalue weighted by atomic mass is 10.1. The number of nitrogens with one attached hydrogen (secondary N) is 1. The topological polar surface area (TPSA) is 84.9 Å². The van der Waals surface area contributed by atoms with Crippen LogP contribution in [0.15, 0.2) is 0 Å². The van der Waals surface area contributed by atoms with Gasteiger partial charge in [0.2, 0.25) is 0 Å². The highest BCUT2D eigenvalue weighted by Crippen LogP contribution is 2.11. The van der Waals surface area contributed by atoms with E-state index in [2.05, 4.69) is 4.74 Å². The number of halogens is 2. The molecular weight excluding hydrogens is 252 g/mol. The molecule has 0 aliphatic rings. The van der Waals surface area contributed by atoms with Gasteiger partial charge in [-0.05, 0) is 20.8 Å². The van der Waals surface area contributed by atoms with Crippen molar-refractivity contribution in [2.24, 2.45) is 0 Å². The first-order chi connectivity index (χ1) is 8.08. The number of carbonyl (C=O) groups is 2. The van der Waals surface area contributed by atoms with Crippen LogP contribution in [-0.2, 0) is 14.3 Å². The quantitative estimate of drug-likeness (QED) is 0.733. The molecule has 1 amide bonds. The second-order valence-electron chi connectivity index (χ2n) is 4.47. The number of alkyl carbamates (subject to hydrolysis) is 1. The van der Waals surface area contributed by atoms with Crippen LogP contribution in [0.2, 0.25) is 0 Å². The second kappa shape index (κ2) is 6.48. The number of alkyl halides is 2. The van der Waals surface area contributed by atoms with Gasteiger partial charge in [0.15, 0.2) is 6.10 Å². The van der Waals surface area contributed by atoms with E-state index in [9.17, 15) is 23.5 Å². The molecule has 0 heterocycles. The molecule has 0 rings (SSSR count). The van der Waals surface area contributed by atoms with Crippen molar-refractivity contribution >= 4 is 12.1 Å². The SMILES string of the molecule is COC(=O)[C@@H](O)[C@H](NC(=O)OC(C)(C)C)C(F)F. The molecule has 6 nitrogen and oxygen atoms in total. The zero-order valence-corrected chi connectivity index (χ0v) is 10.6. The maximum atomic E-state index is 12.6. The van der Waals surface area contributed by atoms with Gasteiger partial charge in [-0.25, -0.2) is 18.4 Å². The van der Waals surface area contributed by atoms with Crippen molar-refractivity contribution in [1.29, 1.82) is 0 Å². The first kappa shape index (κ1) is 16.6. The molecule has 0 saturated heterocycles. The minimum atomic E-state index is -3.15. The Morgan fingerprint density at radius 2 is 1.78 bits per heavy atom. The predicted molar refractivity (Wildman–Crippen MR) is 57.2 cm³/mol. The maximum absolute atomic E-state index is 12.6. The molecule has 0 aliphatic carbocycles. The molecule has 0 spiro atoms. The molecule has 2 atom stereocenters. The predicted octanol–water partition coefficient (Wildman–Crippen LogP) is 0.679. The van der Waals surface area contributed by atoms with Crippen molar-refractivity contribution in [3.8, 4) is 0 Å². The first-order valence-corrected chi connectivity index (χ1v) is 5.12. The molecule has 0 aliphatic heterocycles. The molecule has 0 aromatic heterocycles. The van der Waals surface area contributed by atoms with Gasteiger partial charge in [-0.15, -0.1) is 0 Å². The van der Waals surface area contributed by atoms with Crippen molar-refractivity contribution in [3.63, 3.8) is 0 Å². The number of aliphatic hydroxyl groups excluding tert-OH is 1. The maximum Gasteiger partial charge on any atom is 0.408 e. The van der Waals surface area contributed by atoms with Crippen molar-refractivity contribution in [2.75, 3.05) is 7.11 Å². The Morgan fingerprint density at radius 1 is 1.28 bits per heavy atom. The van der Waals surface area contributed by atoms with Crippen LogP contribution in [0, 0.1) is 0 Å². The lowest BCUT2D eigenvalue weighted by molar-refractivity contribution is -0.154. The lowest BCUT2D eigenvalue weighted by Gasteiger charge is -2.25. The Morgan fingerprint density at radius 3 is 2.11 bits per heavy atom. The summed E-state index contributed by atoms with van der Waals surface area (Å²) in [5.41, 5.74) is -0.882. The van der Waals surface area contributed by atoms with E-state index < -0.39 is 36.2 Å². The number of hydrogen-bond acceptors (Lipinski definition) is 5. The van der Waals surface area contributed by atoms with E-state index in [0.29, 0.717) is 0 Å². The molecule has 0 radical (unpaired) electrons. The van der Waals surface area contributed by atoms with Crippen LogP contribution in [0.5, 0.6) is 0 Å². The van der Waals surface area contributed by atoms with E-state index in [-0.39, 0.29) is 0 Å². The molecule has 0 aromatic rings. The highest BCUT2D eigenvalue weighted by molar-refractivity contribution is 5.77.